The van der Waals surface area contributed by atoms with E-state index in [0.29, 0.717) is 11.5 Å². The number of thiocarbonyl (C=S) groups is 1. The average Bonchev–Trinajstić information content (AvgIpc) is 2.63. The highest BCUT2D eigenvalue weighted by Crippen LogP contribution is 2.15. The maximum Gasteiger partial charge on any atom is 0.237 e. The molecular weight excluding hydrogens is 270 g/mol. The predicted octanol–water partition coefficient (Wildman–Crippen LogP) is 1.42. The van der Waals surface area contributed by atoms with E-state index in [1.54, 1.807) is 0 Å². The zero-order valence-corrected chi connectivity index (χ0v) is 12.6. The Kier molecular flexibility index (Phi) is 5.09. The van der Waals surface area contributed by atoms with Gasteiger partial charge in [0.2, 0.25) is 5.91 Å². The summed E-state index contributed by atoms with van der Waals surface area (Å²) in [6.07, 6.45) is 3.06. The molecule has 0 spiro atoms. The summed E-state index contributed by atoms with van der Waals surface area (Å²) in [5.41, 5.74) is 7.64. The second-order valence-corrected chi connectivity index (χ2v) is 5.72. The molecule has 1 heterocycles. The number of carbonyl (C=O) groups excluding carboxylic acids is 1. The van der Waals surface area contributed by atoms with E-state index >= 15 is 0 Å². The molecule has 1 unspecified atom stereocenters. The fourth-order valence-corrected chi connectivity index (χ4v) is 2.69. The summed E-state index contributed by atoms with van der Waals surface area (Å²) >= 11 is 5.00. The number of hydrogen-bond donors (Lipinski definition) is 2. The molecule has 1 fully saturated rings. The molecule has 1 atom stereocenters. The van der Waals surface area contributed by atoms with Crippen LogP contribution in [0.15, 0.2) is 24.3 Å². The van der Waals surface area contributed by atoms with Crippen LogP contribution in [0.3, 0.4) is 0 Å². The summed E-state index contributed by atoms with van der Waals surface area (Å²) in [5, 5.41) is 2.97. The Morgan fingerprint density at radius 1 is 1.50 bits per heavy atom. The third-order valence-corrected chi connectivity index (χ3v) is 3.92. The molecule has 0 aromatic heterocycles. The minimum atomic E-state index is -0.0500. The molecule has 0 radical (unpaired) electrons. The topological polar surface area (TPSA) is 58.4 Å². The molecular formula is C15H21N3OS. The molecule has 1 aromatic carbocycles. The lowest BCUT2D eigenvalue weighted by Crippen LogP contribution is -2.43. The van der Waals surface area contributed by atoms with E-state index in [-0.39, 0.29) is 11.9 Å². The van der Waals surface area contributed by atoms with E-state index in [2.05, 4.69) is 10.2 Å². The monoisotopic (exact) mass is 291 g/mol. The lowest BCUT2D eigenvalue weighted by atomic mass is 10.1. The molecule has 2 rings (SSSR count). The highest BCUT2D eigenvalue weighted by molar-refractivity contribution is 7.80. The second kappa shape index (κ2) is 6.81. The Labute approximate surface area is 125 Å². The second-order valence-electron chi connectivity index (χ2n) is 5.28. The van der Waals surface area contributed by atoms with Crippen molar-refractivity contribution >= 4 is 23.1 Å². The van der Waals surface area contributed by atoms with Crippen LogP contribution in [0.2, 0.25) is 0 Å². The van der Waals surface area contributed by atoms with Gasteiger partial charge in [0.1, 0.15) is 4.99 Å². The fraction of sp³-hybridized carbons (Fsp3) is 0.467. The van der Waals surface area contributed by atoms with Gasteiger partial charge in [0.25, 0.3) is 0 Å². The van der Waals surface area contributed by atoms with Gasteiger partial charge in [-0.2, -0.15) is 0 Å². The third-order valence-electron chi connectivity index (χ3n) is 3.68. The molecule has 1 aromatic rings. The van der Waals surface area contributed by atoms with Crippen LogP contribution in [-0.2, 0) is 11.3 Å². The van der Waals surface area contributed by atoms with Crippen molar-refractivity contribution in [2.75, 3.05) is 13.6 Å². The van der Waals surface area contributed by atoms with Crippen LogP contribution in [0.1, 0.15) is 30.4 Å². The van der Waals surface area contributed by atoms with Gasteiger partial charge >= 0.3 is 0 Å². The van der Waals surface area contributed by atoms with Crippen molar-refractivity contribution in [3.63, 3.8) is 0 Å². The number of nitrogens with one attached hydrogen (secondary N) is 1. The first kappa shape index (κ1) is 14.9. The zero-order valence-electron chi connectivity index (χ0n) is 11.8. The van der Waals surface area contributed by atoms with E-state index < -0.39 is 0 Å². The molecule has 108 valence electrons. The Bertz CT molecular complexity index is 504. The van der Waals surface area contributed by atoms with E-state index in [9.17, 15) is 4.79 Å². The quantitative estimate of drug-likeness (QED) is 0.824. The van der Waals surface area contributed by atoms with Crippen molar-refractivity contribution in [2.24, 2.45) is 5.73 Å². The number of amides is 1. The molecule has 1 amide bonds. The molecule has 0 aliphatic carbocycles. The first-order valence-electron chi connectivity index (χ1n) is 6.94. The summed E-state index contributed by atoms with van der Waals surface area (Å²) < 4.78 is 0. The standard InChI is InChI=1S/C15H21N3OS/c1-18(13-7-2-3-8-17-15(13)19)10-11-5-4-6-12(9-11)14(16)20/h4-6,9,13H,2-3,7-8,10H2,1H3,(H2,16,20)(H,17,19). The normalized spacial score (nSPS) is 19.5. The van der Waals surface area contributed by atoms with Crippen LogP contribution < -0.4 is 11.1 Å². The van der Waals surface area contributed by atoms with Gasteiger partial charge in [-0.3, -0.25) is 9.69 Å². The summed E-state index contributed by atoms with van der Waals surface area (Å²) in [7, 11) is 1.99. The van der Waals surface area contributed by atoms with Gasteiger partial charge in [0.15, 0.2) is 0 Å². The SMILES string of the molecule is CN(Cc1cccc(C(N)=S)c1)C1CCCCNC1=O. The van der Waals surface area contributed by atoms with Crippen LogP contribution in [-0.4, -0.2) is 35.4 Å². The smallest absolute Gasteiger partial charge is 0.237 e. The van der Waals surface area contributed by atoms with Crippen LogP contribution in [0.25, 0.3) is 0 Å². The van der Waals surface area contributed by atoms with Gasteiger partial charge < -0.3 is 11.1 Å². The number of nitrogens with two attached hydrogens (primary N) is 1. The van der Waals surface area contributed by atoms with Crippen molar-refractivity contribution in [2.45, 2.75) is 31.8 Å². The lowest BCUT2D eigenvalue weighted by Gasteiger charge is -2.25. The molecule has 1 aliphatic rings. The summed E-state index contributed by atoms with van der Waals surface area (Å²) in [6, 6.07) is 7.83. The average molecular weight is 291 g/mol. The first-order chi connectivity index (χ1) is 9.58. The van der Waals surface area contributed by atoms with E-state index in [4.69, 9.17) is 18.0 Å². The van der Waals surface area contributed by atoms with E-state index in [1.807, 2.05) is 31.3 Å². The van der Waals surface area contributed by atoms with Crippen LogP contribution in [0, 0.1) is 0 Å². The third kappa shape index (κ3) is 3.77. The number of nitrogens with zero attached hydrogens (tertiary/aromatic N) is 1. The van der Waals surface area contributed by atoms with E-state index in [1.165, 1.54) is 0 Å². The predicted molar refractivity (Wildman–Crippen MR) is 84.4 cm³/mol. The maximum absolute atomic E-state index is 12.0. The highest BCUT2D eigenvalue weighted by atomic mass is 32.1. The Morgan fingerprint density at radius 3 is 3.05 bits per heavy atom. The number of carbonyl (C=O) groups is 1. The molecule has 5 heteroatoms. The van der Waals surface area contributed by atoms with Gasteiger partial charge in [0.05, 0.1) is 6.04 Å². The first-order valence-corrected chi connectivity index (χ1v) is 7.35. The summed E-state index contributed by atoms with van der Waals surface area (Å²) in [5.74, 6) is 0.135. The van der Waals surface area contributed by atoms with Crippen molar-refractivity contribution in [1.82, 2.24) is 10.2 Å². The maximum atomic E-state index is 12.0. The van der Waals surface area contributed by atoms with Gasteiger partial charge in [-0.05, 0) is 37.9 Å². The minimum absolute atomic E-state index is 0.0500. The fourth-order valence-electron chi connectivity index (χ4n) is 2.56. The molecule has 1 saturated heterocycles. The summed E-state index contributed by atoms with van der Waals surface area (Å²) in [4.78, 5) is 14.5. The molecule has 20 heavy (non-hydrogen) atoms. The van der Waals surface area contributed by atoms with Crippen LogP contribution >= 0.6 is 12.2 Å². The van der Waals surface area contributed by atoms with Crippen molar-refractivity contribution in [3.05, 3.63) is 35.4 Å². The van der Waals surface area contributed by atoms with Crippen molar-refractivity contribution in [3.8, 4) is 0 Å². The van der Waals surface area contributed by atoms with Crippen LogP contribution in [0.5, 0.6) is 0 Å². The Hall–Kier alpha value is -1.46. The highest BCUT2D eigenvalue weighted by Gasteiger charge is 2.24. The van der Waals surface area contributed by atoms with Crippen molar-refractivity contribution in [1.29, 1.82) is 0 Å². The van der Waals surface area contributed by atoms with Crippen LogP contribution in [0.4, 0.5) is 0 Å². The minimum Gasteiger partial charge on any atom is -0.389 e. The number of hydrogen-bond acceptors (Lipinski definition) is 3. The van der Waals surface area contributed by atoms with Gasteiger partial charge in [-0.25, -0.2) is 0 Å². The molecule has 1 aliphatic heterocycles. The van der Waals surface area contributed by atoms with Gasteiger partial charge in [-0.1, -0.05) is 30.4 Å². The largest absolute Gasteiger partial charge is 0.389 e. The molecule has 0 saturated carbocycles. The number of rotatable bonds is 4. The molecule has 3 N–H and O–H groups in total. The Balaban J connectivity index is 2.06. The summed E-state index contributed by atoms with van der Waals surface area (Å²) in [6.45, 7) is 1.51. The van der Waals surface area contributed by atoms with Crippen molar-refractivity contribution < 1.29 is 4.79 Å². The number of benzene rings is 1. The van der Waals surface area contributed by atoms with Gasteiger partial charge in [0, 0.05) is 18.7 Å². The Morgan fingerprint density at radius 2 is 2.30 bits per heavy atom. The molecule has 0 bridgehead atoms. The zero-order chi connectivity index (χ0) is 14.5. The van der Waals surface area contributed by atoms with E-state index in [0.717, 1.165) is 36.9 Å². The van der Waals surface area contributed by atoms with Gasteiger partial charge in [-0.15, -0.1) is 0 Å². The lowest BCUT2D eigenvalue weighted by molar-refractivity contribution is -0.125. The molecule has 4 nitrogen and oxygen atoms in total. The number of likely N-dealkylation sites (N-methyl/N-ethyl adjacent to an activating group) is 1.